The molecule has 0 radical (unpaired) electrons. The Balaban J connectivity index is 0. The maximum Gasteiger partial charge on any atom is 0.387 e. The minimum absolute atomic E-state index is 3.04. The molecule has 0 spiro atoms. The first-order valence-corrected chi connectivity index (χ1v) is 5.41. The SMILES string of the molecule is OC(F)C(F)C(F)C(F)C(O)(F)F.OC(F)C(F)C(F)C(O)F. The summed E-state index contributed by atoms with van der Waals surface area (Å²) >= 11 is 0. The molecule has 0 aromatic heterocycles. The number of halogens is 10. The van der Waals surface area contributed by atoms with Crippen LogP contribution in [-0.2, 0) is 0 Å². The summed E-state index contributed by atoms with van der Waals surface area (Å²) in [6.07, 6.45) is -31.9. The summed E-state index contributed by atoms with van der Waals surface area (Å²) in [6, 6.07) is 0. The molecule has 0 aliphatic heterocycles. The van der Waals surface area contributed by atoms with Crippen molar-refractivity contribution < 1.29 is 64.3 Å². The molecule has 142 valence electrons. The van der Waals surface area contributed by atoms with E-state index in [4.69, 9.17) is 20.4 Å². The van der Waals surface area contributed by atoms with Gasteiger partial charge in [-0.3, -0.25) is 0 Å². The Kier molecular flexibility index (Phi) is 10.7. The van der Waals surface area contributed by atoms with Gasteiger partial charge in [0.2, 0.25) is 25.2 Å². The van der Waals surface area contributed by atoms with Crippen molar-refractivity contribution in [2.24, 2.45) is 0 Å². The second-order valence-corrected chi connectivity index (χ2v) is 3.89. The van der Waals surface area contributed by atoms with Crippen LogP contribution in [0.2, 0.25) is 0 Å². The molecule has 8 atom stereocenters. The van der Waals surface area contributed by atoms with E-state index in [1.54, 1.807) is 0 Å². The summed E-state index contributed by atoms with van der Waals surface area (Å²) in [7, 11) is 0. The normalized spacial score (nSPS) is 22.7. The van der Waals surface area contributed by atoms with Gasteiger partial charge < -0.3 is 20.4 Å². The monoisotopic (exact) mass is 374 g/mol. The van der Waals surface area contributed by atoms with E-state index >= 15 is 0 Å². The van der Waals surface area contributed by atoms with Crippen LogP contribution in [0.3, 0.4) is 0 Å². The second-order valence-electron chi connectivity index (χ2n) is 3.89. The van der Waals surface area contributed by atoms with Crippen LogP contribution in [0.25, 0.3) is 0 Å². The Labute approximate surface area is 121 Å². The number of alkyl halides is 10. The van der Waals surface area contributed by atoms with Gasteiger partial charge in [0.1, 0.15) is 0 Å². The van der Waals surface area contributed by atoms with Gasteiger partial charge in [0.05, 0.1) is 0 Å². The molecule has 14 heteroatoms. The highest BCUT2D eigenvalue weighted by molar-refractivity contribution is 4.82. The highest BCUT2D eigenvalue weighted by Crippen LogP contribution is 2.26. The molecule has 0 amide bonds. The Morgan fingerprint density at radius 2 is 0.739 bits per heavy atom. The smallest absolute Gasteiger partial charge is 0.362 e. The molecule has 0 heterocycles. The summed E-state index contributed by atoms with van der Waals surface area (Å²) in [5.41, 5.74) is 0. The summed E-state index contributed by atoms with van der Waals surface area (Å²) in [4.78, 5) is 0. The first kappa shape index (κ1) is 24.4. The molecule has 8 unspecified atom stereocenters. The minimum Gasteiger partial charge on any atom is -0.362 e. The van der Waals surface area contributed by atoms with Crippen LogP contribution in [0.4, 0.5) is 43.9 Å². The quantitative estimate of drug-likeness (QED) is 0.504. The van der Waals surface area contributed by atoms with E-state index < -0.39 is 56.0 Å². The molecule has 23 heavy (non-hydrogen) atoms. The molecule has 0 saturated carbocycles. The average Bonchev–Trinajstić information content (AvgIpc) is 2.42. The van der Waals surface area contributed by atoms with E-state index in [-0.39, 0.29) is 0 Å². The lowest BCUT2D eigenvalue weighted by Crippen LogP contribution is -2.44. The van der Waals surface area contributed by atoms with Gasteiger partial charge in [0.15, 0.2) is 24.7 Å². The van der Waals surface area contributed by atoms with Gasteiger partial charge in [-0.25, -0.2) is 35.1 Å². The summed E-state index contributed by atoms with van der Waals surface area (Å²) in [5, 5.41) is 30.7. The Bertz CT molecular complexity index is 301. The lowest BCUT2D eigenvalue weighted by atomic mass is 10.1. The highest BCUT2D eigenvalue weighted by atomic mass is 19.3. The van der Waals surface area contributed by atoms with Gasteiger partial charge in [0.25, 0.3) is 0 Å². The zero-order chi connectivity index (χ0) is 19.1. The number of hydrogen-bond acceptors (Lipinski definition) is 4. The van der Waals surface area contributed by atoms with Gasteiger partial charge in [-0.05, 0) is 0 Å². The Hall–Kier alpha value is -0.860. The molecule has 4 N–H and O–H groups in total. The molecule has 0 aliphatic carbocycles. The van der Waals surface area contributed by atoms with E-state index in [1.807, 2.05) is 0 Å². The standard InChI is InChI=1S/C5H6F6O2.C4H6F4O2/c6-1(2(7)4(9)12)3(8)5(10,11)13;5-1(3(7)9)2(6)4(8)10/h1-4,12-13H;1-4,9-10H. The Morgan fingerprint density at radius 1 is 0.522 bits per heavy atom. The third kappa shape index (κ3) is 9.12. The zero-order valence-corrected chi connectivity index (χ0v) is 10.7. The second kappa shape index (κ2) is 10.1. The van der Waals surface area contributed by atoms with Crippen molar-refractivity contribution in [1.82, 2.24) is 0 Å². The lowest BCUT2D eigenvalue weighted by Gasteiger charge is -2.20. The zero-order valence-electron chi connectivity index (χ0n) is 10.7. The number of rotatable bonds is 7. The van der Waals surface area contributed by atoms with Crippen LogP contribution in [0.15, 0.2) is 0 Å². The van der Waals surface area contributed by atoms with Crippen LogP contribution in [0.5, 0.6) is 0 Å². The van der Waals surface area contributed by atoms with Crippen LogP contribution >= 0.6 is 0 Å². The Morgan fingerprint density at radius 3 is 0.913 bits per heavy atom. The van der Waals surface area contributed by atoms with Crippen molar-refractivity contribution >= 4 is 0 Å². The van der Waals surface area contributed by atoms with Crippen LogP contribution in [0, 0.1) is 0 Å². The first-order valence-electron chi connectivity index (χ1n) is 5.41. The van der Waals surface area contributed by atoms with E-state index in [9.17, 15) is 43.9 Å². The average molecular weight is 374 g/mol. The van der Waals surface area contributed by atoms with E-state index in [0.29, 0.717) is 0 Å². The van der Waals surface area contributed by atoms with Crippen LogP contribution in [-0.4, -0.2) is 76.5 Å². The number of aliphatic hydroxyl groups excluding tert-OH is 3. The van der Waals surface area contributed by atoms with Crippen molar-refractivity contribution in [3.63, 3.8) is 0 Å². The fraction of sp³-hybridized carbons (Fsp3) is 1.00. The fourth-order valence-corrected chi connectivity index (χ4v) is 0.808. The van der Waals surface area contributed by atoms with E-state index in [0.717, 1.165) is 0 Å². The van der Waals surface area contributed by atoms with Gasteiger partial charge in [0, 0.05) is 0 Å². The number of aliphatic hydroxyl groups is 4. The van der Waals surface area contributed by atoms with Crippen molar-refractivity contribution in [1.29, 1.82) is 0 Å². The molecule has 0 fully saturated rings. The van der Waals surface area contributed by atoms with E-state index in [1.165, 1.54) is 0 Å². The molecular weight excluding hydrogens is 362 g/mol. The summed E-state index contributed by atoms with van der Waals surface area (Å²) in [6.45, 7) is 0. The topological polar surface area (TPSA) is 80.9 Å². The van der Waals surface area contributed by atoms with Gasteiger partial charge in [-0.1, -0.05) is 0 Å². The molecular formula is C9H12F10O4. The summed E-state index contributed by atoms with van der Waals surface area (Å²) < 4.78 is 117. The van der Waals surface area contributed by atoms with Crippen LogP contribution < -0.4 is 0 Å². The predicted octanol–water partition coefficient (Wildman–Crippen LogP) is 1.11. The lowest BCUT2D eigenvalue weighted by molar-refractivity contribution is -0.260. The van der Waals surface area contributed by atoms with Crippen molar-refractivity contribution in [2.75, 3.05) is 0 Å². The van der Waals surface area contributed by atoms with Crippen molar-refractivity contribution in [2.45, 2.75) is 56.0 Å². The first-order chi connectivity index (χ1) is 10.1. The highest BCUT2D eigenvalue weighted by Gasteiger charge is 2.49. The fourth-order valence-electron chi connectivity index (χ4n) is 0.808. The van der Waals surface area contributed by atoms with E-state index in [2.05, 4.69) is 0 Å². The van der Waals surface area contributed by atoms with Crippen molar-refractivity contribution in [3.05, 3.63) is 0 Å². The predicted molar refractivity (Wildman–Crippen MR) is 53.0 cm³/mol. The van der Waals surface area contributed by atoms with Gasteiger partial charge in [-0.2, -0.15) is 8.78 Å². The van der Waals surface area contributed by atoms with Crippen LogP contribution in [0.1, 0.15) is 0 Å². The summed E-state index contributed by atoms with van der Waals surface area (Å²) in [5.74, 6) is 0. The molecule has 0 aliphatic rings. The molecule has 0 aromatic carbocycles. The van der Waals surface area contributed by atoms with Crippen molar-refractivity contribution in [3.8, 4) is 0 Å². The third-order valence-corrected chi connectivity index (χ3v) is 2.01. The molecule has 4 nitrogen and oxygen atoms in total. The van der Waals surface area contributed by atoms with Gasteiger partial charge in [-0.15, -0.1) is 0 Å². The molecule has 0 bridgehead atoms. The molecule has 0 rings (SSSR count). The molecule has 0 saturated heterocycles. The third-order valence-electron chi connectivity index (χ3n) is 2.01. The maximum absolute atomic E-state index is 12.1. The maximum atomic E-state index is 12.1. The number of hydrogen-bond donors (Lipinski definition) is 4. The largest absolute Gasteiger partial charge is 0.387 e. The minimum atomic E-state index is -5.11. The molecule has 0 aromatic rings. The van der Waals surface area contributed by atoms with Gasteiger partial charge >= 0.3 is 6.11 Å².